The standard InChI is InChI=1S/C13H24O/c1-6-11(4)7-8-13(9-14)12(5)10(2)3/h8-12H,6-7H2,1-5H3/b13-8+. The maximum absolute atomic E-state index is 10.9. The summed E-state index contributed by atoms with van der Waals surface area (Å²) in [4.78, 5) is 10.9. The molecule has 82 valence electrons. The fourth-order valence-electron chi connectivity index (χ4n) is 1.23. The highest BCUT2D eigenvalue weighted by atomic mass is 16.1. The summed E-state index contributed by atoms with van der Waals surface area (Å²) < 4.78 is 0. The van der Waals surface area contributed by atoms with Gasteiger partial charge in [-0.25, -0.2) is 0 Å². The zero-order valence-electron chi connectivity index (χ0n) is 10.2. The third kappa shape index (κ3) is 4.59. The number of carbonyl (C=O) groups excluding carboxylic acids is 1. The number of carbonyl (C=O) groups is 1. The van der Waals surface area contributed by atoms with Gasteiger partial charge in [-0.15, -0.1) is 0 Å². The first-order valence-electron chi connectivity index (χ1n) is 5.68. The van der Waals surface area contributed by atoms with Crippen molar-refractivity contribution in [2.45, 2.75) is 47.5 Å². The van der Waals surface area contributed by atoms with Crippen LogP contribution >= 0.6 is 0 Å². The van der Waals surface area contributed by atoms with Gasteiger partial charge in [0.1, 0.15) is 6.29 Å². The Bertz CT molecular complexity index is 191. The van der Waals surface area contributed by atoms with E-state index >= 15 is 0 Å². The molecule has 0 fully saturated rings. The second-order valence-corrected chi connectivity index (χ2v) is 4.60. The molecule has 0 aliphatic carbocycles. The Kier molecular flexibility index (Phi) is 6.52. The number of hydrogen-bond acceptors (Lipinski definition) is 1. The second kappa shape index (κ2) is 6.80. The molecule has 0 aliphatic rings. The summed E-state index contributed by atoms with van der Waals surface area (Å²) >= 11 is 0. The number of allylic oxidation sites excluding steroid dienone is 2. The summed E-state index contributed by atoms with van der Waals surface area (Å²) in [6.07, 6.45) is 5.35. The fourth-order valence-corrected chi connectivity index (χ4v) is 1.23. The molecule has 0 aromatic heterocycles. The molecule has 0 rings (SSSR count). The van der Waals surface area contributed by atoms with Crippen molar-refractivity contribution in [1.29, 1.82) is 0 Å². The van der Waals surface area contributed by atoms with Crippen molar-refractivity contribution in [2.75, 3.05) is 0 Å². The quantitative estimate of drug-likeness (QED) is 0.466. The highest BCUT2D eigenvalue weighted by Crippen LogP contribution is 2.20. The van der Waals surface area contributed by atoms with Gasteiger partial charge in [-0.3, -0.25) is 4.79 Å². The van der Waals surface area contributed by atoms with Gasteiger partial charge >= 0.3 is 0 Å². The summed E-state index contributed by atoms with van der Waals surface area (Å²) in [5.41, 5.74) is 0.973. The van der Waals surface area contributed by atoms with Crippen molar-refractivity contribution in [1.82, 2.24) is 0 Å². The Morgan fingerprint density at radius 1 is 1.21 bits per heavy atom. The zero-order chi connectivity index (χ0) is 11.1. The van der Waals surface area contributed by atoms with Gasteiger partial charge in [-0.05, 0) is 29.7 Å². The van der Waals surface area contributed by atoms with Gasteiger partial charge in [0, 0.05) is 0 Å². The molecule has 1 nitrogen and oxygen atoms in total. The van der Waals surface area contributed by atoms with Crippen LogP contribution in [0.1, 0.15) is 47.5 Å². The van der Waals surface area contributed by atoms with Crippen molar-refractivity contribution >= 4 is 6.29 Å². The molecule has 0 bridgehead atoms. The van der Waals surface area contributed by atoms with E-state index < -0.39 is 0 Å². The van der Waals surface area contributed by atoms with E-state index in [1.165, 1.54) is 6.42 Å². The van der Waals surface area contributed by atoms with E-state index in [9.17, 15) is 4.79 Å². The summed E-state index contributed by atoms with van der Waals surface area (Å²) in [6, 6.07) is 0. The minimum Gasteiger partial charge on any atom is -0.298 e. The number of rotatable bonds is 6. The lowest BCUT2D eigenvalue weighted by molar-refractivity contribution is -0.105. The van der Waals surface area contributed by atoms with Crippen molar-refractivity contribution in [3.8, 4) is 0 Å². The maximum Gasteiger partial charge on any atom is 0.145 e. The summed E-state index contributed by atoms with van der Waals surface area (Å²) in [7, 11) is 0. The molecule has 2 atom stereocenters. The molecule has 14 heavy (non-hydrogen) atoms. The molecule has 0 radical (unpaired) electrons. The van der Waals surface area contributed by atoms with E-state index in [0.717, 1.165) is 18.3 Å². The molecule has 0 aliphatic heterocycles. The number of hydrogen-bond donors (Lipinski definition) is 0. The van der Waals surface area contributed by atoms with Crippen molar-refractivity contribution < 1.29 is 4.79 Å². The van der Waals surface area contributed by atoms with Gasteiger partial charge in [-0.2, -0.15) is 0 Å². The normalized spacial score (nSPS) is 16.9. The Balaban J connectivity index is 4.32. The molecule has 0 N–H and O–H groups in total. The monoisotopic (exact) mass is 196 g/mol. The SMILES string of the molecule is CCC(C)C/C=C(\C=O)C(C)C(C)C. The molecule has 1 heteroatoms. The average molecular weight is 196 g/mol. The van der Waals surface area contributed by atoms with Crippen molar-refractivity contribution in [3.05, 3.63) is 11.6 Å². The smallest absolute Gasteiger partial charge is 0.145 e. The van der Waals surface area contributed by atoms with E-state index in [4.69, 9.17) is 0 Å². The molecular weight excluding hydrogens is 172 g/mol. The van der Waals surface area contributed by atoms with Crippen LogP contribution in [0.2, 0.25) is 0 Å². The number of aldehydes is 1. The molecule has 0 heterocycles. The van der Waals surface area contributed by atoms with Gasteiger partial charge in [0.05, 0.1) is 0 Å². The van der Waals surface area contributed by atoms with E-state index in [1.54, 1.807) is 0 Å². The summed E-state index contributed by atoms with van der Waals surface area (Å²) in [5.74, 6) is 1.62. The third-order valence-corrected chi connectivity index (χ3v) is 3.11. The van der Waals surface area contributed by atoms with Crippen LogP contribution in [0.5, 0.6) is 0 Å². The first-order valence-corrected chi connectivity index (χ1v) is 5.68. The maximum atomic E-state index is 10.9. The fraction of sp³-hybridized carbons (Fsp3) is 0.769. The molecule has 0 saturated heterocycles. The second-order valence-electron chi connectivity index (χ2n) is 4.60. The Morgan fingerprint density at radius 3 is 2.14 bits per heavy atom. The lowest BCUT2D eigenvalue weighted by Crippen LogP contribution is -2.08. The van der Waals surface area contributed by atoms with Crippen LogP contribution < -0.4 is 0 Å². The lowest BCUT2D eigenvalue weighted by atomic mass is 9.89. The summed E-state index contributed by atoms with van der Waals surface area (Å²) in [5, 5.41) is 0. The lowest BCUT2D eigenvalue weighted by Gasteiger charge is -2.16. The minimum atomic E-state index is 0.386. The van der Waals surface area contributed by atoms with Gasteiger partial charge < -0.3 is 0 Å². The molecule has 0 aromatic carbocycles. The van der Waals surface area contributed by atoms with E-state index in [2.05, 4.69) is 40.7 Å². The molecule has 0 spiro atoms. The zero-order valence-corrected chi connectivity index (χ0v) is 10.2. The first kappa shape index (κ1) is 13.4. The van der Waals surface area contributed by atoms with Crippen LogP contribution in [-0.4, -0.2) is 6.29 Å². The largest absolute Gasteiger partial charge is 0.298 e. The molecule has 0 saturated carbocycles. The van der Waals surface area contributed by atoms with Crippen LogP contribution in [0, 0.1) is 17.8 Å². The predicted octanol–water partition coefficient (Wildman–Crippen LogP) is 3.84. The van der Waals surface area contributed by atoms with Gasteiger partial charge in [0.25, 0.3) is 0 Å². The van der Waals surface area contributed by atoms with Crippen LogP contribution in [0.25, 0.3) is 0 Å². The van der Waals surface area contributed by atoms with Crippen LogP contribution in [0.3, 0.4) is 0 Å². The summed E-state index contributed by atoms with van der Waals surface area (Å²) in [6.45, 7) is 10.8. The van der Waals surface area contributed by atoms with E-state index in [1.807, 2.05) is 0 Å². The predicted molar refractivity (Wildman–Crippen MR) is 62.2 cm³/mol. The molecular formula is C13H24O. The Labute approximate surface area is 88.6 Å². The highest BCUT2D eigenvalue weighted by Gasteiger charge is 2.12. The van der Waals surface area contributed by atoms with Crippen molar-refractivity contribution in [3.63, 3.8) is 0 Å². The topological polar surface area (TPSA) is 17.1 Å². The average Bonchev–Trinajstić information content (AvgIpc) is 2.17. The third-order valence-electron chi connectivity index (χ3n) is 3.11. The Morgan fingerprint density at radius 2 is 1.79 bits per heavy atom. The van der Waals surface area contributed by atoms with Gasteiger partial charge in [0.15, 0.2) is 0 Å². The van der Waals surface area contributed by atoms with Crippen LogP contribution in [-0.2, 0) is 4.79 Å². The Hall–Kier alpha value is -0.590. The molecule has 2 unspecified atom stereocenters. The van der Waals surface area contributed by atoms with E-state index in [-0.39, 0.29) is 0 Å². The molecule has 0 amide bonds. The minimum absolute atomic E-state index is 0.386. The van der Waals surface area contributed by atoms with Gasteiger partial charge in [0.2, 0.25) is 0 Å². The van der Waals surface area contributed by atoms with Gasteiger partial charge in [-0.1, -0.05) is 47.1 Å². The van der Waals surface area contributed by atoms with Crippen molar-refractivity contribution in [2.24, 2.45) is 17.8 Å². The first-order chi connectivity index (χ1) is 6.52. The molecule has 0 aromatic rings. The highest BCUT2D eigenvalue weighted by molar-refractivity contribution is 5.73. The van der Waals surface area contributed by atoms with Crippen LogP contribution in [0.4, 0.5) is 0 Å². The van der Waals surface area contributed by atoms with E-state index in [0.29, 0.717) is 17.8 Å². The van der Waals surface area contributed by atoms with Crippen LogP contribution in [0.15, 0.2) is 11.6 Å².